The van der Waals surface area contributed by atoms with Gasteiger partial charge in [-0.25, -0.2) is 4.98 Å². The average Bonchev–Trinajstić information content (AvgIpc) is 2.66. The SMILES string of the molecule is CCCNc1nc(NCc2ccccc2Cl)cc(-c2ccccc2)n1. The van der Waals surface area contributed by atoms with Gasteiger partial charge in [-0.05, 0) is 18.1 Å². The van der Waals surface area contributed by atoms with Crippen LogP contribution in [0, 0.1) is 0 Å². The third kappa shape index (κ3) is 4.70. The number of nitrogens with one attached hydrogen (secondary N) is 2. The monoisotopic (exact) mass is 352 g/mol. The zero-order valence-electron chi connectivity index (χ0n) is 14.2. The number of rotatable bonds is 7. The second kappa shape index (κ2) is 8.49. The first-order valence-corrected chi connectivity index (χ1v) is 8.79. The van der Waals surface area contributed by atoms with Crippen molar-refractivity contribution in [3.63, 3.8) is 0 Å². The number of hydrogen-bond donors (Lipinski definition) is 2. The molecule has 2 N–H and O–H groups in total. The second-order valence-corrected chi connectivity index (χ2v) is 6.11. The molecule has 0 saturated carbocycles. The molecule has 2 aromatic carbocycles. The molecule has 0 radical (unpaired) electrons. The lowest BCUT2D eigenvalue weighted by Gasteiger charge is -2.12. The molecule has 0 spiro atoms. The number of hydrogen-bond acceptors (Lipinski definition) is 4. The molecule has 3 rings (SSSR count). The summed E-state index contributed by atoms with van der Waals surface area (Å²) in [5.41, 5.74) is 2.98. The fourth-order valence-corrected chi connectivity index (χ4v) is 2.64. The highest BCUT2D eigenvalue weighted by atomic mass is 35.5. The van der Waals surface area contributed by atoms with Crippen LogP contribution in [-0.2, 0) is 6.54 Å². The van der Waals surface area contributed by atoms with E-state index >= 15 is 0 Å². The predicted molar refractivity (Wildman–Crippen MR) is 105 cm³/mol. The maximum absolute atomic E-state index is 6.23. The minimum Gasteiger partial charge on any atom is -0.366 e. The van der Waals surface area contributed by atoms with Gasteiger partial charge in [-0.1, -0.05) is 67.1 Å². The van der Waals surface area contributed by atoms with Gasteiger partial charge in [0.1, 0.15) is 5.82 Å². The van der Waals surface area contributed by atoms with Gasteiger partial charge in [0.05, 0.1) is 5.69 Å². The molecule has 0 bridgehead atoms. The normalized spacial score (nSPS) is 10.5. The van der Waals surface area contributed by atoms with Crippen LogP contribution < -0.4 is 10.6 Å². The molecule has 0 amide bonds. The summed E-state index contributed by atoms with van der Waals surface area (Å²) in [6.45, 7) is 3.56. The van der Waals surface area contributed by atoms with Crippen molar-refractivity contribution in [1.29, 1.82) is 0 Å². The molecule has 0 atom stereocenters. The van der Waals surface area contributed by atoms with E-state index in [2.05, 4.69) is 27.5 Å². The van der Waals surface area contributed by atoms with Gasteiger partial charge in [0, 0.05) is 29.7 Å². The van der Waals surface area contributed by atoms with Gasteiger partial charge in [-0.15, -0.1) is 0 Å². The predicted octanol–water partition coefficient (Wildman–Crippen LogP) is 5.23. The zero-order chi connectivity index (χ0) is 17.5. The Morgan fingerprint density at radius 3 is 2.44 bits per heavy atom. The van der Waals surface area contributed by atoms with Crippen LogP contribution >= 0.6 is 11.6 Å². The lowest BCUT2D eigenvalue weighted by atomic mass is 10.1. The summed E-state index contributed by atoms with van der Waals surface area (Å²) in [4.78, 5) is 9.19. The molecule has 0 aliphatic rings. The summed E-state index contributed by atoms with van der Waals surface area (Å²) in [7, 11) is 0. The van der Waals surface area contributed by atoms with Crippen molar-refractivity contribution in [3.05, 3.63) is 71.2 Å². The molecule has 4 nitrogen and oxygen atoms in total. The maximum atomic E-state index is 6.23. The summed E-state index contributed by atoms with van der Waals surface area (Å²) >= 11 is 6.23. The Morgan fingerprint density at radius 1 is 0.920 bits per heavy atom. The van der Waals surface area contributed by atoms with E-state index in [1.807, 2.05) is 60.7 Å². The van der Waals surface area contributed by atoms with Crippen molar-refractivity contribution in [2.45, 2.75) is 19.9 Å². The number of anilines is 2. The largest absolute Gasteiger partial charge is 0.366 e. The van der Waals surface area contributed by atoms with Gasteiger partial charge >= 0.3 is 0 Å². The molecule has 25 heavy (non-hydrogen) atoms. The summed E-state index contributed by atoms with van der Waals surface area (Å²) in [6.07, 6.45) is 1.02. The van der Waals surface area contributed by atoms with E-state index in [4.69, 9.17) is 11.6 Å². The van der Waals surface area contributed by atoms with Crippen LogP contribution in [0.5, 0.6) is 0 Å². The van der Waals surface area contributed by atoms with E-state index < -0.39 is 0 Å². The maximum Gasteiger partial charge on any atom is 0.225 e. The Balaban J connectivity index is 1.85. The second-order valence-electron chi connectivity index (χ2n) is 5.70. The summed E-state index contributed by atoms with van der Waals surface area (Å²) in [5.74, 6) is 1.40. The van der Waals surface area contributed by atoms with Crippen molar-refractivity contribution < 1.29 is 0 Å². The van der Waals surface area contributed by atoms with Crippen molar-refractivity contribution in [3.8, 4) is 11.3 Å². The molecular weight excluding hydrogens is 332 g/mol. The fraction of sp³-hybridized carbons (Fsp3) is 0.200. The molecule has 128 valence electrons. The molecule has 1 heterocycles. The van der Waals surface area contributed by atoms with E-state index in [-0.39, 0.29) is 0 Å². The van der Waals surface area contributed by atoms with Crippen LogP contribution in [0.2, 0.25) is 5.02 Å². The Bertz CT molecular complexity index is 821. The molecule has 1 aromatic heterocycles. The Kier molecular flexibility index (Phi) is 5.86. The van der Waals surface area contributed by atoms with E-state index in [1.54, 1.807) is 0 Å². The van der Waals surface area contributed by atoms with Gasteiger partial charge < -0.3 is 10.6 Å². The number of nitrogens with zero attached hydrogens (tertiary/aromatic N) is 2. The third-order valence-corrected chi connectivity index (χ3v) is 4.12. The van der Waals surface area contributed by atoms with Gasteiger partial charge in [0.15, 0.2) is 0 Å². The van der Waals surface area contributed by atoms with Crippen LogP contribution in [0.4, 0.5) is 11.8 Å². The minimum atomic E-state index is 0.609. The van der Waals surface area contributed by atoms with E-state index in [1.165, 1.54) is 0 Å². The van der Waals surface area contributed by atoms with Crippen LogP contribution in [0.15, 0.2) is 60.7 Å². The van der Waals surface area contributed by atoms with Gasteiger partial charge in [0.2, 0.25) is 5.95 Å². The van der Waals surface area contributed by atoms with E-state index in [0.29, 0.717) is 12.5 Å². The topological polar surface area (TPSA) is 49.8 Å². The summed E-state index contributed by atoms with van der Waals surface area (Å²) in [5, 5.41) is 7.37. The van der Waals surface area contributed by atoms with Gasteiger partial charge in [-0.2, -0.15) is 4.98 Å². The number of aromatic nitrogens is 2. The Morgan fingerprint density at radius 2 is 1.68 bits per heavy atom. The molecule has 0 aliphatic heterocycles. The quantitative estimate of drug-likeness (QED) is 0.611. The standard InChI is InChI=1S/C20H21ClN4/c1-2-12-22-20-24-18(15-8-4-3-5-9-15)13-19(25-20)23-14-16-10-6-7-11-17(16)21/h3-11,13H,2,12,14H2,1H3,(H2,22,23,24,25). The lowest BCUT2D eigenvalue weighted by Crippen LogP contribution is -2.08. The smallest absolute Gasteiger partial charge is 0.225 e. The Hall–Kier alpha value is -2.59. The lowest BCUT2D eigenvalue weighted by molar-refractivity contribution is 0.951. The minimum absolute atomic E-state index is 0.609. The van der Waals surface area contributed by atoms with Crippen molar-refractivity contribution in [2.24, 2.45) is 0 Å². The van der Waals surface area contributed by atoms with E-state index in [9.17, 15) is 0 Å². The van der Waals surface area contributed by atoms with Crippen molar-refractivity contribution in [2.75, 3.05) is 17.2 Å². The molecule has 0 unspecified atom stereocenters. The molecule has 3 aromatic rings. The highest BCUT2D eigenvalue weighted by molar-refractivity contribution is 6.31. The van der Waals surface area contributed by atoms with Crippen LogP contribution in [-0.4, -0.2) is 16.5 Å². The van der Waals surface area contributed by atoms with Crippen LogP contribution in [0.25, 0.3) is 11.3 Å². The van der Waals surface area contributed by atoms with E-state index in [0.717, 1.165) is 40.6 Å². The van der Waals surface area contributed by atoms with Crippen LogP contribution in [0.3, 0.4) is 0 Å². The first kappa shape index (κ1) is 17.2. The highest BCUT2D eigenvalue weighted by Gasteiger charge is 2.07. The zero-order valence-corrected chi connectivity index (χ0v) is 14.9. The molecule has 5 heteroatoms. The molecule has 0 saturated heterocycles. The van der Waals surface area contributed by atoms with Crippen molar-refractivity contribution in [1.82, 2.24) is 9.97 Å². The first-order chi connectivity index (χ1) is 12.3. The van der Waals surface area contributed by atoms with Gasteiger partial charge in [0.25, 0.3) is 0 Å². The number of benzene rings is 2. The molecule has 0 aliphatic carbocycles. The summed E-state index contributed by atoms with van der Waals surface area (Å²) in [6, 6.07) is 19.9. The Labute approximate surface area is 153 Å². The summed E-state index contributed by atoms with van der Waals surface area (Å²) < 4.78 is 0. The number of halogens is 1. The first-order valence-electron chi connectivity index (χ1n) is 8.42. The van der Waals surface area contributed by atoms with Crippen molar-refractivity contribution >= 4 is 23.4 Å². The third-order valence-electron chi connectivity index (χ3n) is 3.75. The average molecular weight is 353 g/mol. The highest BCUT2D eigenvalue weighted by Crippen LogP contribution is 2.22. The molecular formula is C20H21ClN4. The van der Waals surface area contributed by atoms with Crippen LogP contribution in [0.1, 0.15) is 18.9 Å². The fourth-order valence-electron chi connectivity index (χ4n) is 2.44. The molecule has 0 fully saturated rings. The van der Waals surface area contributed by atoms with Gasteiger partial charge in [-0.3, -0.25) is 0 Å².